The van der Waals surface area contributed by atoms with Crippen LogP contribution in [0.25, 0.3) is 0 Å². The molecule has 1 aliphatic rings. The first-order valence-electron chi connectivity index (χ1n) is 7.49. The van der Waals surface area contributed by atoms with Gasteiger partial charge in [0.2, 0.25) is 0 Å². The van der Waals surface area contributed by atoms with Gasteiger partial charge in [0, 0.05) is 45.3 Å². The Morgan fingerprint density at radius 1 is 1.14 bits per heavy atom. The van der Waals surface area contributed by atoms with Crippen molar-refractivity contribution in [1.29, 1.82) is 0 Å². The maximum Gasteiger partial charge on any atom is 0.324 e. The molecule has 2 rings (SSSR count). The van der Waals surface area contributed by atoms with Gasteiger partial charge in [0.1, 0.15) is 0 Å². The van der Waals surface area contributed by atoms with Gasteiger partial charge in [0.05, 0.1) is 0 Å². The Kier molecular flexibility index (Phi) is 5.38. The summed E-state index contributed by atoms with van der Waals surface area (Å²) < 4.78 is 0. The van der Waals surface area contributed by atoms with Crippen LogP contribution in [0.5, 0.6) is 0 Å². The molecule has 1 aromatic carbocycles. The average molecular weight is 305 g/mol. The number of amides is 2. The summed E-state index contributed by atoms with van der Waals surface area (Å²) in [5.41, 5.74) is 1.79. The lowest BCUT2D eigenvalue weighted by Gasteiger charge is -2.35. The van der Waals surface area contributed by atoms with Crippen molar-refractivity contribution in [1.82, 2.24) is 9.80 Å². The molecule has 0 bridgehead atoms. The number of hydrogen-bond acceptors (Lipinski definition) is 3. The molecule has 1 saturated heterocycles. The molecule has 0 saturated carbocycles. The van der Waals surface area contributed by atoms with E-state index in [1.165, 1.54) is 0 Å². The van der Waals surface area contributed by atoms with E-state index in [4.69, 9.17) is 5.11 Å². The average Bonchev–Trinajstić information content (AvgIpc) is 2.53. The SMILES string of the molecule is CN1CCN(C(=O)N(C)c2ccc(CCC(=O)O)cc2)CC1. The molecule has 6 nitrogen and oxygen atoms in total. The molecule has 2 amide bonds. The van der Waals surface area contributed by atoms with Crippen LogP contribution in [0.4, 0.5) is 10.5 Å². The van der Waals surface area contributed by atoms with Crippen LogP contribution in [0.2, 0.25) is 0 Å². The molecule has 0 atom stereocenters. The predicted octanol–water partition coefficient (Wildman–Crippen LogP) is 1.51. The lowest BCUT2D eigenvalue weighted by Crippen LogP contribution is -2.51. The number of carboxylic acids is 1. The minimum absolute atomic E-state index is 0.00591. The van der Waals surface area contributed by atoms with Crippen molar-refractivity contribution in [2.45, 2.75) is 12.8 Å². The molecule has 0 spiro atoms. The summed E-state index contributed by atoms with van der Waals surface area (Å²) in [4.78, 5) is 28.7. The minimum Gasteiger partial charge on any atom is -0.481 e. The van der Waals surface area contributed by atoms with Crippen LogP contribution in [0.3, 0.4) is 0 Å². The third-order valence-electron chi connectivity index (χ3n) is 4.01. The van der Waals surface area contributed by atoms with Crippen molar-refractivity contribution < 1.29 is 14.7 Å². The summed E-state index contributed by atoms with van der Waals surface area (Å²) in [6, 6.07) is 7.50. The zero-order chi connectivity index (χ0) is 16.1. The lowest BCUT2D eigenvalue weighted by molar-refractivity contribution is -0.136. The van der Waals surface area contributed by atoms with E-state index in [9.17, 15) is 9.59 Å². The van der Waals surface area contributed by atoms with Crippen LogP contribution < -0.4 is 4.90 Å². The van der Waals surface area contributed by atoms with E-state index in [1.54, 1.807) is 11.9 Å². The Bertz CT molecular complexity index is 522. The maximum atomic E-state index is 12.5. The third kappa shape index (κ3) is 4.21. The molecular weight excluding hydrogens is 282 g/mol. The number of likely N-dealkylation sites (N-methyl/N-ethyl adjacent to an activating group) is 1. The zero-order valence-corrected chi connectivity index (χ0v) is 13.2. The second-order valence-corrected chi connectivity index (χ2v) is 5.69. The summed E-state index contributed by atoms with van der Waals surface area (Å²) in [5.74, 6) is -0.800. The summed E-state index contributed by atoms with van der Waals surface area (Å²) in [6.45, 7) is 3.29. The second kappa shape index (κ2) is 7.26. The van der Waals surface area contributed by atoms with Gasteiger partial charge in [-0.2, -0.15) is 0 Å². The van der Waals surface area contributed by atoms with Crippen molar-refractivity contribution in [3.8, 4) is 0 Å². The Morgan fingerprint density at radius 3 is 2.27 bits per heavy atom. The first-order valence-corrected chi connectivity index (χ1v) is 7.49. The number of urea groups is 1. The monoisotopic (exact) mass is 305 g/mol. The predicted molar refractivity (Wildman–Crippen MR) is 85.3 cm³/mol. The van der Waals surface area contributed by atoms with Crippen molar-refractivity contribution in [3.63, 3.8) is 0 Å². The van der Waals surface area contributed by atoms with E-state index in [-0.39, 0.29) is 12.5 Å². The number of aliphatic carboxylic acids is 1. The van der Waals surface area contributed by atoms with Gasteiger partial charge in [-0.05, 0) is 31.2 Å². The Hall–Kier alpha value is -2.08. The molecule has 0 aliphatic carbocycles. The van der Waals surface area contributed by atoms with Gasteiger partial charge in [-0.3, -0.25) is 9.69 Å². The third-order valence-corrected chi connectivity index (χ3v) is 4.01. The minimum atomic E-state index is -0.800. The second-order valence-electron chi connectivity index (χ2n) is 5.69. The fourth-order valence-corrected chi connectivity index (χ4v) is 2.46. The van der Waals surface area contributed by atoms with E-state index < -0.39 is 5.97 Å². The van der Waals surface area contributed by atoms with Crippen LogP contribution in [0.15, 0.2) is 24.3 Å². The number of anilines is 1. The summed E-state index contributed by atoms with van der Waals surface area (Å²) in [7, 11) is 3.83. The molecule has 1 heterocycles. The van der Waals surface area contributed by atoms with Gasteiger partial charge in [-0.15, -0.1) is 0 Å². The first kappa shape index (κ1) is 16.3. The number of nitrogens with zero attached hydrogens (tertiary/aromatic N) is 3. The highest BCUT2D eigenvalue weighted by atomic mass is 16.4. The van der Waals surface area contributed by atoms with Crippen LogP contribution >= 0.6 is 0 Å². The summed E-state index contributed by atoms with van der Waals surface area (Å²) in [5, 5.41) is 8.69. The van der Waals surface area contributed by atoms with Crippen LogP contribution in [0, 0.1) is 0 Å². The molecule has 0 radical (unpaired) electrons. The van der Waals surface area contributed by atoms with Gasteiger partial charge in [0.25, 0.3) is 0 Å². The maximum absolute atomic E-state index is 12.5. The van der Waals surface area contributed by atoms with Gasteiger partial charge in [-0.1, -0.05) is 12.1 Å². The van der Waals surface area contributed by atoms with E-state index >= 15 is 0 Å². The molecule has 1 aromatic rings. The number of carboxylic acid groups (broad SMARTS) is 1. The van der Waals surface area contributed by atoms with Gasteiger partial charge < -0.3 is 14.9 Å². The van der Waals surface area contributed by atoms with Crippen molar-refractivity contribution in [2.24, 2.45) is 0 Å². The smallest absolute Gasteiger partial charge is 0.324 e. The van der Waals surface area contributed by atoms with E-state index in [1.807, 2.05) is 29.2 Å². The molecule has 1 N–H and O–H groups in total. The highest BCUT2D eigenvalue weighted by molar-refractivity contribution is 5.91. The number of benzene rings is 1. The molecule has 0 aromatic heterocycles. The Morgan fingerprint density at radius 2 is 1.73 bits per heavy atom. The van der Waals surface area contributed by atoms with Gasteiger partial charge >= 0.3 is 12.0 Å². The topological polar surface area (TPSA) is 64.1 Å². The van der Waals surface area contributed by atoms with Crippen molar-refractivity contribution in [2.75, 3.05) is 45.2 Å². The zero-order valence-electron chi connectivity index (χ0n) is 13.2. The summed E-state index contributed by atoms with van der Waals surface area (Å²) >= 11 is 0. The fraction of sp³-hybridized carbons (Fsp3) is 0.500. The fourth-order valence-electron chi connectivity index (χ4n) is 2.46. The molecule has 22 heavy (non-hydrogen) atoms. The molecule has 0 unspecified atom stereocenters. The standard InChI is InChI=1S/C16H23N3O3/c1-17-9-11-19(12-10-17)16(22)18(2)14-6-3-13(4-7-14)5-8-15(20)21/h3-4,6-7H,5,8-12H2,1-2H3,(H,20,21). The summed E-state index contributed by atoms with van der Waals surface area (Å²) in [6.07, 6.45) is 0.626. The molecular formula is C16H23N3O3. The highest BCUT2D eigenvalue weighted by Crippen LogP contribution is 2.17. The Labute approximate surface area is 130 Å². The number of rotatable bonds is 4. The Balaban J connectivity index is 1.95. The number of carbonyl (C=O) groups excluding carboxylic acids is 1. The molecule has 1 aliphatic heterocycles. The normalized spacial score (nSPS) is 15.6. The molecule has 120 valence electrons. The van der Waals surface area contributed by atoms with Gasteiger partial charge in [-0.25, -0.2) is 4.79 Å². The van der Waals surface area contributed by atoms with Crippen LogP contribution in [-0.4, -0.2) is 67.2 Å². The van der Waals surface area contributed by atoms with E-state index in [2.05, 4.69) is 11.9 Å². The highest BCUT2D eigenvalue weighted by Gasteiger charge is 2.22. The molecule has 1 fully saturated rings. The number of carbonyl (C=O) groups is 2. The van der Waals surface area contributed by atoms with Crippen molar-refractivity contribution in [3.05, 3.63) is 29.8 Å². The quantitative estimate of drug-likeness (QED) is 0.916. The number of hydrogen-bond donors (Lipinski definition) is 1. The number of piperazine rings is 1. The van der Waals surface area contributed by atoms with Crippen LogP contribution in [-0.2, 0) is 11.2 Å². The molecule has 6 heteroatoms. The van der Waals surface area contributed by atoms with Crippen molar-refractivity contribution >= 4 is 17.7 Å². The van der Waals surface area contributed by atoms with E-state index in [0.717, 1.165) is 37.4 Å². The van der Waals surface area contributed by atoms with Gasteiger partial charge in [0.15, 0.2) is 0 Å². The first-order chi connectivity index (χ1) is 10.5. The van der Waals surface area contributed by atoms with E-state index in [0.29, 0.717) is 6.42 Å². The number of aryl methyl sites for hydroxylation is 1. The lowest BCUT2D eigenvalue weighted by atomic mass is 10.1. The largest absolute Gasteiger partial charge is 0.481 e. The van der Waals surface area contributed by atoms with Crippen LogP contribution in [0.1, 0.15) is 12.0 Å².